The number of benzene rings is 2. The van der Waals surface area contributed by atoms with Crippen LogP contribution in [0, 0.1) is 24.7 Å². The lowest BCUT2D eigenvalue weighted by Gasteiger charge is -2.31. The Morgan fingerprint density at radius 3 is 2.73 bits per heavy atom. The molecule has 2 aromatic heterocycles. The molecule has 0 spiro atoms. The zero-order valence-corrected chi connectivity index (χ0v) is 25.4. The summed E-state index contributed by atoms with van der Waals surface area (Å²) in [6.45, 7) is 2.91. The molecule has 232 valence electrons. The van der Waals surface area contributed by atoms with Crippen molar-refractivity contribution in [1.82, 2.24) is 19.9 Å². The van der Waals surface area contributed by atoms with Crippen molar-refractivity contribution in [3.05, 3.63) is 66.5 Å². The molecule has 3 aliphatic rings. The zero-order valence-electron chi connectivity index (χ0n) is 25.4. The summed E-state index contributed by atoms with van der Waals surface area (Å²) in [4.78, 5) is 39.7. The van der Waals surface area contributed by atoms with E-state index < -0.39 is 6.09 Å². The standard InChI is InChI=1S/C35H38N6O4/c1-21-9-12-26-27(6-2-8-29(26)39-31(42)19-24-18-22-10-11-23(24)17-22)32(21)45-33-28(7-3-14-36-33)30-13-15-37-34(40-30)38-25-5-4-16-41(20-25)35(43)44/h2-3,6-9,12-15,22-25H,4-5,10-11,16-20H2,1H3,(H,39,42)(H,43,44)(H,37,38,40). The van der Waals surface area contributed by atoms with Crippen molar-refractivity contribution < 1.29 is 19.4 Å². The van der Waals surface area contributed by atoms with E-state index in [2.05, 4.69) is 20.6 Å². The molecule has 1 saturated heterocycles. The Kier molecular flexibility index (Phi) is 7.95. The fraction of sp³-hybridized carbons (Fsp3) is 0.400. The van der Waals surface area contributed by atoms with Gasteiger partial charge >= 0.3 is 6.09 Å². The number of fused-ring (bicyclic) bond motifs is 3. The highest BCUT2D eigenvalue weighted by Gasteiger charge is 2.40. The third-order valence-corrected chi connectivity index (χ3v) is 9.74. The normalized spacial score (nSPS) is 22.4. The van der Waals surface area contributed by atoms with Gasteiger partial charge in [0.05, 0.1) is 11.3 Å². The van der Waals surface area contributed by atoms with Crippen LogP contribution in [0.2, 0.25) is 0 Å². The Morgan fingerprint density at radius 2 is 1.91 bits per heavy atom. The number of anilines is 2. The number of amides is 2. The number of hydrogen-bond donors (Lipinski definition) is 3. The van der Waals surface area contributed by atoms with Crippen LogP contribution in [0.1, 0.15) is 50.5 Å². The largest absolute Gasteiger partial charge is 0.465 e. The first-order valence-corrected chi connectivity index (χ1v) is 15.9. The van der Waals surface area contributed by atoms with Crippen LogP contribution in [0.5, 0.6) is 11.6 Å². The van der Waals surface area contributed by atoms with Gasteiger partial charge in [-0.25, -0.2) is 19.7 Å². The summed E-state index contributed by atoms with van der Waals surface area (Å²) < 4.78 is 6.56. The summed E-state index contributed by atoms with van der Waals surface area (Å²) in [6.07, 6.45) is 9.72. The molecule has 2 aliphatic carbocycles. The minimum absolute atomic E-state index is 0.0731. The Morgan fingerprint density at radius 1 is 1.00 bits per heavy atom. The molecule has 10 heteroatoms. The lowest BCUT2D eigenvalue weighted by atomic mass is 9.86. The van der Waals surface area contributed by atoms with Crippen molar-refractivity contribution >= 4 is 34.4 Å². The molecule has 2 saturated carbocycles. The van der Waals surface area contributed by atoms with Crippen molar-refractivity contribution in [2.75, 3.05) is 23.7 Å². The molecule has 4 unspecified atom stereocenters. The molecule has 2 aromatic carbocycles. The maximum absolute atomic E-state index is 13.1. The van der Waals surface area contributed by atoms with E-state index in [0.29, 0.717) is 60.2 Å². The van der Waals surface area contributed by atoms with Crippen molar-refractivity contribution in [1.29, 1.82) is 0 Å². The summed E-state index contributed by atoms with van der Waals surface area (Å²) in [5.74, 6) is 3.59. The minimum atomic E-state index is -0.915. The summed E-state index contributed by atoms with van der Waals surface area (Å²) in [7, 11) is 0. The Hall–Kier alpha value is -4.73. The van der Waals surface area contributed by atoms with Crippen LogP contribution < -0.4 is 15.4 Å². The van der Waals surface area contributed by atoms with E-state index in [1.54, 1.807) is 18.5 Å². The van der Waals surface area contributed by atoms with E-state index in [4.69, 9.17) is 9.72 Å². The minimum Gasteiger partial charge on any atom is -0.465 e. The molecule has 45 heavy (non-hydrogen) atoms. The van der Waals surface area contributed by atoms with E-state index in [-0.39, 0.29) is 11.9 Å². The summed E-state index contributed by atoms with van der Waals surface area (Å²) >= 11 is 0. The Balaban J connectivity index is 1.12. The molecule has 10 nitrogen and oxygen atoms in total. The van der Waals surface area contributed by atoms with Gasteiger partial charge in [-0.05, 0) is 86.6 Å². The van der Waals surface area contributed by atoms with Gasteiger partial charge in [0.2, 0.25) is 17.7 Å². The first kappa shape index (κ1) is 29.0. The number of aryl methyl sites for hydroxylation is 1. The quantitative estimate of drug-likeness (QED) is 0.193. The van der Waals surface area contributed by atoms with Gasteiger partial charge in [-0.15, -0.1) is 0 Å². The van der Waals surface area contributed by atoms with Gasteiger partial charge in [0.1, 0.15) is 5.75 Å². The molecular weight excluding hydrogens is 568 g/mol. The summed E-state index contributed by atoms with van der Waals surface area (Å²) in [5.41, 5.74) is 3.05. The molecule has 2 bridgehead atoms. The van der Waals surface area contributed by atoms with Crippen LogP contribution >= 0.6 is 0 Å². The second-order valence-electron chi connectivity index (χ2n) is 12.7. The average molecular weight is 607 g/mol. The lowest BCUT2D eigenvalue weighted by Crippen LogP contribution is -2.44. The number of rotatable bonds is 8. The highest BCUT2D eigenvalue weighted by atomic mass is 16.5. The van der Waals surface area contributed by atoms with Crippen molar-refractivity contribution in [2.45, 2.75) is 57.9 Å². The smallest absolute Gasteiger partial charge is 0.407 e. The monoisotopic (exact) mass is 606 g/mol. The molecule has 7 rings (SSSR count). The maximum atomic E-state index is 13.1. The molecule has 4 aromatic rings. The highest BCUT2D eigenvalue weighted by Crippen LogP contribution is 2.49. The van der Waals surface area contributed by atoms with Gasteiger partial charge in [0.15, 0.2) is 0 Å². The second-order valence-corrected chi connectivity index (χ2v) is 12.7. The second kappa shape index (κ2) is 12.3. The van der Waals surface area contributed by atoms with Gasteiger partial charge in [-0.2, -0.15) is 0 Å². The maximum Gasteiger partial charge on any atom is 0.407 e. The molecule has 1 aliphatic heterocycles. The number of nitrogens with zero attached hydrogens (tertiary/aromatic N) is 4. The Labute approximate surface area is 262 Å². The molecule has 4 atom stereocenters. The number of aromatic nitrogens is 3. The van der Waals surface area contributed by atoms with Gasteiger partial charge < -0.3 is 25.4 Å². The van der Waals surface area contributed by atoms with E-state index in [1.807, 2.05) is 49.4 Å². The predicted molar refractivity (Wildman–Crippen MR) is 172 cm³/mol. The number of nitrogens with one attached hydrogen (secondary N) is 2. The molecule has 3 heterocycles. The van der Waals surface area contributed by atoms with E-state index in [9.17, 15) is 14.7 Å². The summed E-state index contributed by atoms with van der Waals surface area (Å²) in [5, 5.41) is 17.7. The molecular formula is C35H38N6O4. The molecule has 0 radical (unpaired) electrons. The van der Waals surface area contributed by atoms with E-state index >= 15 is 0 Å². The number of ether oxygens (including phenoxy) is 1. The highest BCUT2D eigenvalue weighted by molar-refractivity contribution is 6.04. The van der Waals surface area contributed by atoms with Gasteiger partial charge in [0, 0.05) is 54.4 Å². The third kappa shape index (κ3) is 6.14. The predicted octanol–water partition coefficient (Wildman–Crippen LogP) is 7.11. The number of likely N-dealkylation sites (tertiary alicyclic amines) is 1. The van der Waals surface area contributed by atoms with Crippen molar-refractivity contribution in [3.63, 3.8) is 0 Å². The van der Waals surface area contributed by atoms with Gasteiger partial charge in [0.25, 0.3) is 0 Å². The number of piperidine rings is 1. The first-order chi connectivity index (χ1) is 21.9. The van der Waals surface area contributed by atoms with Gasteiger partial charge in [-0.3, -0.25) is 4.79 Å². The number of carbonyl (C=O) groups excluding carboxylic acids is 1. The van der Waals surface area contributed by atoms with Crippen LogP contribution in [-0.2, 0) is 4.79 Å². The first-order valence-electron chi connectivity index (χ1n) is 15.9. The number of carboxylic acid groups (broad SMARTS) is 1. The van der Waals surface area contributed by atoms with Crippen molar-refractivity contribution in [3.8, 4) is 22.9 Å². The fourth-order valence-electron chi connectivity index (χ4n) is 7.54. The zero-order chi connectivity index (χ0) is 30.9. The summed E-state index contributed by atoms with van der Waals surface area (Å²) in [6, 6.07) is 15.4. The topological polar surface area (TPSA) is 130 Å². The van der Waals surface area contributed by atoms with Crippen LogP contribution in [0.3, 0.4) is 0 Å². The molecule has 3 fully saturated rings. The third-order valence-electron chi connectivity index (χ3n) is 9.74. The van der Waals surface area contributed by atoms with E-state index in [0.717, 1.165) is 40.8 Å². The van der Waals surface area contributed by atoms with Crippen LogP contribution in [0.25, 0.3) is 22.0 Å². The number of pyridine rings is 1. The van der Waals surface area contributed by atoms with Crippen LogP contribution in [0.15, 0.2) is 60.9 Å². The molecule has 3 N–H and O–H groups in total. The average Bonchev–Trinajstić information content (AvgIpc) is 3.67. The van der Waals surface area contributed by atoms with Crippen molar-refractivity contribution in [2.24, 2.45) is 17.8 Å². The lowest BCUT2D eigenvalue weighted by molar-refractivity contribution is -0.117. The van der Waals surface area contributed by atoms with Crippen LogP contribution in [0.4, 0.5) is 16.4 Å². The van der Waals surface area contributed by atoms with Crippen LogP contribution in [-0.4, -0.2) is 56.1 Å². The van der Waals surface area contributed by atoms with E-state index in [1.165, 1.54) is 30.6 Å². The number of hydrogen-bond acceptors (Lipinski definition) is 7. The number of carbonyl (C=O) groups is 2. The van der Waals surface area contributed by atoms with Gasteiger partial charge in [-0.1, -0.05) is 30.7 Å². The molecule has 2 amide bonds. The Bertz CT molecular complexity index is 1740. The SMILES string of the molecule is Cc1ccc2c(NC(=O)CC3CC4CCC3C4)cccc2c1Oc1ncccc1-c1ccnc(NC2CCCN(C(=O)O)C2)n1. The fourth-order valence-corrected chi connectivity index (χ4v) is 7.54.